The summed E-state index contributed by atoms with van der Waals surface area (Å²) in [6.45, 7) is 4.22. The fourth-order valence-electron chi connectivity index (χ4n) is 1.81. The molecule has 0 radical (unpaired) electrons. The largest absolute Gasteiger partial charge is 0.444 e. The van der Waals surface area contributed by atoms with Gasteiger partial charge in [-0.2, -0.15) is 13.2 Å². The molecule has 0 spiro atoms. The molecule has 0 saturated carbocycles. The van der Waals surface area contributed by atoms with Crippen molar-refractivity contribution in [1.29, 1.82) is 0 Å². The average molecular weight is 335 g/mol. The SMILES string of the molecule is CC(C)(C)OC(=O)NC(CO)C(O)c1cccc(C(F)(F)F)c1. The first-order valence-corrected chi connectivity index (χ1v) is 6.89. The molecule has 0 aliphatic heterocycles. The van der Waals surface area contributed by atoms with Crippen molar-refractivity contribution in [3.63, 3.8) is 0 Å². The number of hydrogen-bond acceptors (Lipinski definition) is 4. The minimum absolute atomic E-state index is 0.0741. The van der Waals surface area contributed by atoms with Gasteiger partial charge in [0, 0.05) is 0 Å². The van der Waals surface area contributed by atoms with Crippen molar-refractivity contribution in [2.75, 3.05) is 6.61 Å². The molecule has 0 aliphatic carbocycles. The smallest absolute Gasteiger partial charge is 0.416 e. The van der Waals surface area contributed by atoms with Gasteiger partial charge in [0.15, 0.2) is 0 Å². The van der Waals surface area contributed by atoms with Gasteiger partial charge in [-0.25, -0.2) is 4.79 Å². The highest BCUT2D eigenvalue weighted by Crippen LogP contribution is 2.31. The zero-order valence-corrected chi connectivity index (χ0v) is 13.0. The molecule has 130 valence electrons. The molecule has 0 fully saturated rings. The highest BCUT2D eigenvalue weighted by atomic mass is 19.4. The van der Waals surface area contributed by atoms with E-state index in [0.717, 1.165) is 18.2 Å². The van der Waals surface area contributed by atoms with Crippen molar-refractivity contribution in [3.8, 4) is 0 Å². The zero-order valence-electron chi connectivity index (χ0n) is 13.0. The predicted molar refractivity (Wildman–Crippen MR) is 76.6 cm³/mol. The number of carbonyl (C=O) groups is 1. The summed E-state index contributed by atoms with van der Waals surface area (Å²) < 4.78 is 43.1. The molecule has 0 aliphatic rings. The Labute approximate surface area is 132 Å². The van der Waals surface area contributed by atoms with Crippen molar-refractivity contribution in [2.24, 2.45) is 0 Å². The molecule has 2 atom stereocenters. The molecule has 0 aromatic heterocycles. The number of aliphatic hydroxyl groups excluding tert-OH is 2. The number of hydrogen-bond donors (Lipinski definition) is 3. The Balaban J connectivity index is 2.88. The van der Waals surface area contributed by atoms with Crippen LogP contribution in [0.25, 0.3) is 0 Å². The molecule has 23 heavy (non-hydrogen) atoms. The summed E-state index contributed by atoms with van der Waals surface area (Å²) in [4.78, 5) is 11.7. The van der Waals surface area contributed by atoms with Gasteiger partial charge in [0.05, 0.1) is 18.2 Å². The van der Waals surface area contributed by atoms with E-state index in [1.807, 2.05) is 0 Å². The first-order valence-electron chi connectivity index (χ1n) is 6.89. The van der Waals surface area contributed by atoms with Crippen LogP contribution in [0, 0.1) is 0 Å². The predicted octanol–water partition coefficient (Wildman–Crippen LogP) is 2.62. The average Bonchev–Trinajstić information content (AvgIpc) is 2.41. The minimum atomic E-state index is -4.55. The van der Waals surface area contributed by atoms with Crippen LogP contribution in [-0.4, -0.2) is 34.6 Å². The number of alkyl carbamates (subject to hydrolysis) is 1. The number of ether oxygens (including phenoxy) is 1. The summed E-state index contributed by atoms with van der Waals surface area (Å²) in [6, 6.07) is 2.85. The van der Waals surface area contributed by atoms with Gasteiger partial charge in [0.25, 0.3) is 0 Å². The molecule has 1 aromatic carbocycles. The van der Waals surface area contributed by atoms with Crippen LogP contribution in [0.1, 0.15) is 38.0 Å². The summed E-state index contributed by atoms with van der Waals surface area (Å²) in [5.74, 6) is 0. The zero-order chi connectivity index (χ0) is 17.8. The van der Waals surface area contributed by atoms with Crippen molar-refractivity contribution in [2.45, 2.75) is 44.7 Å². The highest BCUT2D eigenvalue weighted by Gasteiger charge is 2.32. The Morgan fingerprint density at radius 2 is 1.91 bits per heavy atom. The number of halogens is 3. The second-order valence-corrected chi connectivity index (χ2v) is 6.00. The third-order valence-corrected chi connectivity index (χ3v) is 2.84. The summed E-state index contributed by atoms with van der Waals surface area (Å²) >= 11 is 0. The maximum absolute atomic E-state index is 12.7. The van der Waals surface area contributed by atoms with Crippen LogP contribution in [-0.2, 0) is 10.9 Å². The van der Waals surface area contributed by atoms with Gasteiger partial charge in [0.2, 0.25) is 0 Å². The van der Waals surface area contributed by atoms with Crippen molar-refractivity contribution < 1.29 is 32.9 Å². The number of amides is 1. The normalized spacial score (nSPS) is 15.0. The molecule has 5 nitrogen and oxygen atoms in total. The van der Waals surface area contributed by atoms with Gasteiger partial charge < -0.3 is 20.3 Å². The van der Waals surface area contributed by atoms with E-state index >= 15 is 0 Å². The molecule has 2 unspecified atom stereocenters. The number of rotatable bonds is 4. The lowest BCUT2D eigenvalue weighted by Gasteiger charge is -2.26. The van der Waals surface area contributed by atoms with E-state index < -0.39 is 42.2 Å². The summed E-state index contributed by atoms with van der Waals surface area (Å²) in [5, 5.41) is 21.6. The van der Waals surface area contributed by atoms with Gasteiger partial charge in [0.1, 0.15) is 11.7 Å². The third-order valence-electron chi connectivity index (χ3n) is 2.84. The maximum atomic E-state index is 12.7. The van der Waals surface area contributed by atoms with Gasteiger partial charge in [-0.05, 0) is 38.5 Å². The van der Waals surface area contributed by atoms with Crippen molar-refractivity contribution in [1.82, 2.24) is 5.32 Å². The van der Waals surface area contributed by atoms with Crippen molar-refractivity contribution in [3.05, 3.63) is 35.4 Å². The number of carbonyl (C=O) groups excluding carboxylic acids is 1. The van der Waals surface area contributed by atoms with E-state index in [1.54, 1.807) is 20.8 Å². The molecule has 1 aromatic rings. The van der Waals surface area contributed by atoms with E-state index in [1.165, 1.54) is 6.07 Å². The molecule has 1 rings (SSSR count). The van der Waals surface area contributed by atoms with E-state index in [2.05, 4.69) is 5.32 Å². The summed E-state index contributed by atoms with van der Waals surface area (Å²) in [6.07, 6.45) is -6.96. The van der Waals surface area contributed by atoms with E-state index in [-0.39, 0.29) is 5.56 Å². The molecular weight excluding hydrogens is 315 g/mol. The first-order chi connectivity index (χ1) is 10.4. The quantitative estimate of drug-likeness (QED) is 0.790. The van der Waals surface area contributed by atoms with Gasteiger partial charge in [-0.3, -0.25) is 0 Å². The van der Waals surface area contributed by atoms with E-state index in [9.17, 15) is 28.2 Å². The van der Waals surface area contributed by atoms with Crippen molar-refractivity contribution >= 4 is 6.09 Å². The van der Waals surface area contributed by atoms with Crippen LogP contribution in [0.15, 0.2) is 24.3 Å². The van der Waals surface area contributed by atoms with E-state index in [0.29, 0.717) is 0 Å². The third kappa shape index (κ3) is 6.07. The Morgan fingerprint density at radius 3 is 2.39 bits per heavy atom. The lowest BCUT2D eigenvalue weighted by atomic mass is 10.0. The fourth-order valence-corrected chi connectivity index (χ4v) is 1.81. The lowest BCUT2D eigenvalue weighted by molar-refractivity contribution is -0.137. The topological polar surface area (TPSA) is 78.8 Å². The van der Waals surface area contributed by atoms with Gasteiger partial charge in [-0.1, -0.05) is 12.1 Å². The molecule has 0 saturated heterocycles. The Kier molecular flexibility index (Phi) is 6.01. The molecular formula is C15H20F3NO4. The minimum Gasteiger partial charge on any atom is -0.444 e. The Hall–Kier alpha value is -1.80. The van der Waals surface area contributed by atoms with Crippen LogP contribution in [0.5, 0.6) is 0 Å². The summed E-state index contributed by atoms with van der Waals surface area (Å²) in [5.41, 5.74) is -1.79. The first kappa shape index (κ1) is 19.2. The van der Waals surface area contributed by atoms with Gasteiger partial charge in [-0.15, -0.1) is 0 Å². The number of aliphatic hydroxyl groups is 2. The van der Waals surface area contributed by atoms with Crippen LogP contribution in [0.3, 0.4) is 0 Å². The number of benzene rings is 1. The highest BCUT2D eigenvalue weighted by molar-refractivity contribution is 5.68. The monoisotopic (exact) mass is 335 g/mol. The van der Waals surface area contributed by atoms with Crippen LogP contribution < -0.4 is 5.32 Å². The molecule has 0 heterocycles. The van der Waals surface area contributed by atoms with Gasteiger partial charge >= 0.3 is 12.3 Å². The standard InChI is InChI=1S/C15H20F3NO4/c1-14(2,3)23-13(22)19-11(8-20)12(21)9-5-4-6-10(7-9)15(16,17)18/h4-7,11-12,20-21H,8H2,1-3H3,(H,19,22). The lowest BCUT2D eigenvalue weighted by Crippen LogP contribution is -2.44. The maximum Gasteiger partial charge on any atom is 0.416 e. The second kappa shape index (κ2) is 7.18. The summed E-state index contributed by atoms with van der Waals surface area (Å²) in [7, 11) is 0. The Morgan fingerprint density at radius 1 is 1.30 bits per heavy atom. The van der Waals surface area contributed by atoms with Crippen LogP contribution in [0.4, 0.5) is 18.0 Å². The number of nitrogens with one attached hydrogen (secondary N) is 1. The second-order valence-electron chi connectivity index (χ2n) is 6.00. The molecule has 0 bridgehead atoms. The fraction of sp³-hybridized carbons (Fsp3) is 0.533. The van der Waals surface area contributed by atoms with Crippen LogP contribution >= 0.6 is 0 Å². The Bertz CT molecular complexity index is 540. The molecule has 8 heteroatoms. The number of alkyl halides is 3. The molecule has 1 amide bonds. The molecule has 3 N–H and O–H groups in total. The van der Waals surface area contributed by atoms with Crippen LogP contribution in [0.2, 0.25) is 0 Å². The van der Waals surface area contributed by atoms with E-state index in [4.69, 9.17) is 4.74 Å².